The first-order valence-electron chi connectivity index (χ1n) is 6.51. The number of hydrogen-bond donors (Lipinski definition) is 0. The molecular weight excluding hydrogens is 289 g/mol. The standard InChI is InChI=1S/C16H14FNO2S/c17-18-12-21-11-16(18)20-15-8-4-7-14(9-15)19-10-13-5-2-1-3-6-13/h1-9,11H,10,12H2. The van der Waals surface area contributed by atoms with E-state index in [1.165, 1.54) is 11.8 Å². The zero-order chi connectivity index (χ0) is 14.5. The molecule has 3 rings (SSSR count). The molecule has 0 aliphatic carbocycles. The van der Waals surface area contributed by atoms with Crippen molar-refractivity contribution in [3.05, 3.63) is 71.5 Å². The van der Waals surface area contributed by atoms with Crippen molar-refractivity contribution in [1.29, 1.82) is 0 Å². The number of benzene rings is 2. The van der Waals surface area contributed by atoms with E-state index in [1.54, 1.807) is 17.5 Å². The third-order valence-electron chi connectivity index (χ3n) is 2.89. The van der Waals surface area contributed by atoms with Crippen LogP contribution in [0, 0.1) is 0 Å². The monoisotopic (exact) mass is 303 g/mol. The summed E-state index contributed by atoms with van der Waals surface area (Å²) in [5, 5.41) is 2.22. The SMILES string of the molecule is FN1CSC=C1Oc1cccc(OCc2ccccc2)c1. The normalized spacial score (nSPS) is 14.0. The van der Waals surface area contributed by atoms with Gasteiger partial charge in [0.05, 0.1) is 0 Å². The van der Waals surface area contributed by atoms with E-state index in [-0.39, 0.29) is 11.8 Å². The van der Waals surface area contributed by atoms with Crippen LogP contribution in [-0.2, 0) is 6.61 Å². The topological polar surface area (TPSA) is 21.7 Å². The molecule has 0 unspecified atom stereocenters. The Kier molecular flexibility index (Phi) is 4.31. The summed E-state index contributed by atoms with van der Waals surface area (Å²) >= 11 is 1.35. The van der Waals surface area contributed by atoms with Crippen molar-refractivity contribution in [3.63, 3.8) is 0 Å². The summed E-state index contributed by atoms with van der Waals surface area (Å²) in [5.74, 6) is 1.71. The molecule has 0 bridgehead atoms. The van der Waals surface area contributed by atoms with Crippen LogP contribution in [0.4, 0.5) is 4.48 Å². The molecule has 0 aromatic heterocycles. The zero-order valence-electron chi connectivity index (χ0n) is 11.2. The Morgan fingerprint density at radius 2 is 1.86 bits per heavy atom. The fourth-order valence-corrected chi connectivity index (χ4v) is 2.50. The van der Waals surface area contributed by atoms with Crippen molar-refractivity contribution in [3.8, 4) is 11.5 Å². The van der Waals surface area contributed by atoms with Gasteiger partial charge in [-0.1, -0.05) is 40.9 Å². The Labute approximate surface area is 126 Å². The van der Waals surface area contributed by atoms with Gasteiger partial charge in [-0.3, -0.25) is 0 Å². The third-order valence-corrected chi connectivity index (χ3v) is 3.63. The highest BCUT2D eigenvalue weighted by molar-refractivity contribution is 8.02. The molecule has 108 valence electrons. The van der Waals surface area contributed by atoms with E-state index < -0.39 is 0 Å². The fourth-order valence-electron chi connectivity index (χ4n) is 1.86. The van der Waals surface area contributed by atoms with Crippen molar-refractivity contribution in [2.75, 3.05) is 5.88 Å². The summed E-state index contributed by atoms with van der Waals surface area (Å²) in [5.41, 5.74) is 1.09. The maximum absolute atomic E-state index is 13.3. The molecule has 21 heavy (non-hydrogen) atoms. The van der Waals surface area contributed by atoms with Gasteiger partial charge in [-0.05, 0) is 17.7 Å². The van der Waals surface area contributed by atoms with Gasteiger partial charge in [-0.15, -0.1) is 11.8 Å². The lowest BCUT2D eigenvalue weighted by molar-refractivity contribution is 0.0474. The lowest BCUT2D eigenvalue weighted by Gasteiger charge is -2.12. The molecule has 0 radical (unpaired) electrons. The Hall–Kier alpha value is -2.14. The van der Waals surface area contributed by atoms with E-state index in [0.717, 1.165) is 5.56 Å². The molecule has 2 aromatic rings. The number of halogens is 1. The number of nitrogens with zero attached hydrogens (tertiary/aromatic N) is 1. The summed E-state index contributed by atoms with van der Waals surface area (Å²) < 4.78 is 24.5. The summed E-state index contributed by atoms with van der Waals surface area (Å²) in [6.07, 6.45) is 0. The van der Waals surface area contributed by atoms with Crippen molar-refractivity contribution in [2.45, 2.75) is 6.61 Å². The first-order valence-corrected chi connectivity index (χ1v) is 7.56. The summed E-state index contributed by atoms with van der Waals surface area (Å²) in [6, 6.07) is 17.1. The molecule has 2 aromatic carbocycles. The minimum absolute atomic E-state index is 0.209. The second-order valence-corrected chi connectivity index (χ2v) is 5.29. The van der Waals surface area contributed by atoms with Gasteiger partial charge >= 0.3 is 0 Å². The Bertz CT molecular complexity index is 633. The van der Waals surface area contributed by atoms with Gasteiger partial charge in [-0.25, -0.2) is 0 Å². The van der Waals surface area contributed by atoms with E-state index in [9.17, 15) is 4.48 Å². The van der Waals surface area contributed by atoms with Crippen molar-refractivity contribution in [1.82, 2.24) is 5.12 Å². The van der Waals surface area contributed by atoms with E-state index in [1.807, 2.05) is 42.5 Å². The van der Waals surface area contributed by atoms with Crippen LogP contribution in [0.1, 0.15) is 5.56 Å². The van der Waals surface area contributed by atoms with Crippen molar-refractivity contribution < 1.29 is 14.0 Å². The molecule has 0 atom stereocenters. The highest BCUT2D eigenvalue weighted by Crippen LogP contribution is 2.28. The quantitative estimate of drug-likeness (QED) is 0.766. The molecule has 5 heteroatoms. The predicted molar refractivity (Wildman–Crippen MR) is 81.3 cm³/mol. The molecular formula is C16H14FNO2S. The van der Waals surface area contributed by atoms with E-state index in [4.69, 9.17) is 9.47 Å². The Balaban J connectivity index is 1.63. The molecule has 0 saturated heterocycles. The maximum Gasteiger partial charge on any atom is 0.230 e. The first kappa shape index (κ1) is 13.8. The van der Waals surface area contributed by atoms with Gasteiger partial charge in [0.2, 0.25) is 5.88 Å². The van der Waals surface area contributed by atoms with Gasteiger partial charge < -0.3 is 9.47 Å². The molecule has 0 fully saturated rings. The van der Waals surface area contributed by atoms with Crippen LogP contribution < -0.4 is 9.47 Å². The Morgan fingerprint density at radius 1 is 1.05 bits per heavy atom. The van der Waals surface area contributed by atoms with Crippen LogP contribution in [0.15, 0.2) is 65.9 Å². The average molecular weight is 303 g/mol. The lowest BCUT2D eigenvalue weighted by atomic mass is 10.2. The summed E-state index contributed by atoms with van der Waals surface area (Å²) in [4.78, 5) is 0. The van der Waals surface area contributed by atoms with Crippen LogP contribution in [-0.4, -0.2) is 11.0 Å². The number of hydrogen-bond acceptors (Lipinski definition) is 4. The number of ether oxygens (including phenoxy) is 2. The van der Waals surface area contributed by atoms with Crippen LogP contribution in [0.5, 0.6) is 11.5 Å². The molecule has 0 spiro atoms. The van der Waals surface area contributed by atoms with Crippen LogP contribution in [0.3, 0.4) is 0 Å². The highest BCUT2D eigenvalue weighted by Gasteiger charge is 2.17. The number of rotatable bonds is 5. The second-order valence-electron chi connectivity index (χ2n) is 4.47. The van der Waals surface area contributed by atoms with Gasteiger partial charge in [0.25, 0.3) is 0 Å². The largest absolute Gasteiger partial charge is 0.489 e. The first-order chi connectivity index (χ1) is 10.3. The molecule has 0 N–H and O–H groups in total. The molecule has 1 aliphatic rings. The highest BCUT2D eigenvalue weighted by atomic mass is 32.2. The lowest BCUT2D eigenvalue weighted by Crippen LogP contribution is -2.11. The molecule has 3 nitrogen and oxygen atoms in total. The third kappa shape index (κ3) is 3.70. The Morgan fingerprint density at radius 3 is 2.62 bits per heavy atom. The van der Waals surface area contributed by atoms with Crippen LogP contribution in [0.2, 0.25) is 0 Å². The fraction of sp³-hybridized carbons (Fsp3) is 0.125. The second kappa shape index (κ2) is 6.54. The molecule has 1 aliphatic heterocycles. The molecule has 1 heterocycles. The maximum atomic E-state index is 13.3. The zero-order valence-corrected chi connectivity index (χ0v) is 12.1. The van der Waals surface area contributed by atoms with E-state index in [2.05, 4.69) is 0 Å². The molecule has 0 amide bonds. The van der Waals surface area contributed by atoms with Crippen LogP contribution >= 0.6 is 11.8 Å². The molecule has 0 saturated carbocycles. The summed E-state index contributed by atoms with van der Waals surface area (Å²) in [6.45, 7) is 0.484. The van der Waals surface area contributed by atoms with E-state index >= 15 is 0 Å². The minimum Gasteiger partial charge on any atom is -0.489 e. The summed E-state index contributed by atoms with van der Waals surface area (Å²) in [7, 11) is 0. The van der Waals surface area contributed by atoms with Gasteiger partial charge in [0.1, 0.15) is 24.0 Å². The number of thioether (sulfide) groups is 1. The van der Waals surface area contributed by atoms with Crippen LogP contribution in [0.25, 0.3) is 0 Å². The van der Waals surface area contributed by atoms with E-state index in [0.29, 0.717) is 23.2 Å². The van der Waals surface area contributed by atoms with Gasteiger partial charge in [-0.2, -0.15) is 5.12 Å². The predicted octanol–water partition coefficient (Wildman–Crippen LogP) is 4.33. The average Bonchev–Trinajstić information content (AvgIpc) is 2.92. The smallest absolute Gasteiger partial charge is 0.230 e. The minimum atomic E-state index is 0.209. The van der Waals surface area contributed by atoms with Gasteiger partial charge in [0.15, 0.2) is 0 Å². The van der Waals surface area contributed by atoms with Gasteiger partial charge in [0, 0.05) is 11.5 Å². The van der Waals surface area contributed by atoms with Crippen molar-refractivity contribution in [2.24, 2.45) is 0 Å². The van der Waals surface area contributed by atoms with Crippen molar-refractivity contribution >= 4 is 11.8 Å².